The van der Waals surface area contributed by atoms with E-state index in [1.54, 1.807) is 14.2 Å². The molecule has 1 unspecified atom stereocenters. The third-order valence-corrected chi connectivity index (χ3v) is 3.48. The van der Waals surface area contributed by atoms with Crippen LogP contribution in [0.1, 0.15) is 28.6 Å². The number of methoxy groups -OCH3 is 2. The maximum Gasteiger partial charge on any atom is 0.127 e. The molecule has 2 aromatic rings. The van der Waals surface area contributed by atoms with E-state index >= 15 is 0 Å². The minimum Gasteiger partial charge on any atom is -0.496 e. The van der Waals surface area contributed by atoms with Crippen LogP contribution in [-0.4, -0.2) is 26.3 Å². The lowest BCUT2D eigenvalue weighted by Crippen LogP contribution is -2.20. The summed E-state index contributed by atoms with van der Waals surface area (Å²) in [4.78, 5) is 4.44. The standard InChI is InChI=1S/C17H22N2O2/c1-11-9-13(10-12(2)19-11)17(18-3)16-14(20-4)7-6-8-15(16)21-5/h6-10,17-18H,1-5H3. The molecule has 1 heterocycles. The Morgan fingerprint density at radius 1 is 1.00 bits per heavy atom. The molecule has 0 spiro atoms. The van der Waals surface area contributed by atoms with Crippen LogP contribution in [0.5, 0.6) is 11.5 Å². The van der Waals surface area contributed by atoms with E-state index in [9.17, 15) is 0 Å². The van der Waals surface area contributed by atoms with E-state index in [4.69, 9.17) is 9.47 Å². The van der Waals surface area contributed by atoms with Gasteiger partial charge < -0.3 is 14.8 Å². The lowest BCUT2D eigenvalue weighted by molar-refractivity contribution is 0.378. The molecule has 4 nitrogen and oxygen atoms in total. The minimum absolute atomic E-state index is 0.0171. The Kier molecular flexibility index (Phi) is 4.81. The van der Waals surface area contributed by atoms with E-state index in [0.717, 1.165) is 34.0 Å². The van der Waals surface area contributed by atoms with Crippen molar-refractivity contribution in [2.45, 2.75) is 19.9 Å². The average Bonchev–Trinajstić information content (AvgIpc) is 2.47. The van der Waals surface area contributed by atoms with Crippen molar-refractivity contribution in [2.24, 2.45) is 0 Å². The molecule has 1 atom stereocenters. The van der Waals surface area contributed by atoms with Crippen molar-refractivity contribution in [1.82, 2.24) is 10.3 Å². The average molecular weight is 286 g/mol. The van der Waals surface area contributed by atoms with Gasteiger partial charge in [0.05, 0.1) is 25.8 Å². The SMILES string of the molecule is CNC(c1cc(C)nc(C)c1)c1c(OC)cccc1OC. The second-order valence-electron chi connectivity index (χ2n) is 4.98. The number of nitrogens with zero attached hydrogens (tertiary/aromatic N) is 1. The number of benzene rings is 1. The quantitative estimate of drug-likeness (QED) is 0.917. The summed E-state index contributed by atoms with van der Waals surface area (Å²) in [5, 5.41) is 3.35. The van der Waals surface area contributed by atoms with Gasteiger partial charge in [-0.15, -0.1) is 0 Å². The second kappa shape index (κ2) is 6.59. The third-order valence-electron chi connectivity index (χ3n) is 3.48. The number of aryl methyl sites for hydroxylation is 2. The molecule has 0 radical (unpaired) electrons. The van der Waals surface area contributed by atoms with Crippen LogP contribution in [0.4, 0.5) is 0 Å². The first-order chi connectivity index (χ1) is 10.1. The van der Waals surface area contributed by atoms with E-state index in [1.165, 1.54) is 0 Å². The summed E-state index contributed by atoms with van der Waals surface area (Å²) >= 11 is 0. The molecule has 0 aliphatic carbocycles. The summed E-state index contributed by atoms with van der Waals surface area (Å²) in [6, 6.07) is 9.97. The molecule has 0 aliphatic rings. The lowest BCUT2D eigenvalue weighted by Gasteiger charge is -2.22. The Hall–Kier alpha value is -2.07. The smallest absolute Gasteiger partial charge is 0.127 e. The molecule has 1 N–H and O–H groups in total. The number of aromatic nitrogens is 1. The molecule has 4 heteroatoms. The summed E-state index contributed by atoms with van der Waals surface area (Å²) in [6.07, 6.45) is 0. The first-order valence-corrected chi connectivity index (χ1v) is 6.94. The summed E-state index contributed by atoms with van der Waals surface area (Å²) in [6.45, 7) is 4.01. The van der Waals surface area contributed by atoms with Crippen LogP contribution in [0.15, 0.2) is 30.3 Å². The molecule has 0 saturated heterocycles. The highest BCUT2D eigenvalue weighted by Gasteiger charge is 2.21. The lowest BCUT2D eigenvalue weighted by atomic mass is 9.96. The zero-order valence-electron chi connectivity index (χ0n) is 13.2. The largest absolute Gasteiger partial charge is 0.496 e. The van der Waals surface area contributed by atoms with E-state index < -0.39 is 0 Å². The second-order valence-corrected chi connectivity index (χ2v) is 4.98. The van der Waals surface area contributed by atoms with Crippen LogP contribution in [0.2, 0.25) is 0 Å². The maximum absolute atomic E-state index is 5.52. The van der Waals surface area contributed by atoms with Crippen molar-refractivity contribution in [3.63, 3.8) is 0 Å². The molecular weight excluding hydrogens is 264 g/mol. The fourth-order valence-corrected chi connectivity index (χ4v) is 2.68. The summed E-state index contributed by atoms with van der Waals surface area (Å²) < 4.78 is 11.0. The van der Waals surface area contributed by atoms with Gasteiger partial charge >= 0.3 is 0 Å². The zero-order chi connectivity index (χ0) is 15.4. The number of ether oxygens (including phenoxy) is 2. The van der Waals surface area contributed by atoms with E-state index in [0.29, 0.717) is 0 Å². The molecule has 21 heavy (non-hydrogen) atoms. The Morgan fingerprint density at radius 2 is 1.52 bits per heavy atom. The molecule has 0 saturated carbocycles. The van der Waals surface area contributed by atoms with Gasteiger partial charge in [0, 0.05) is 11.4 Å². The molecular formula is C17H22N2O2. The monoisotopic (exact) mass is 286 g/mol. The van der Waals surface area contributed by atoms with Gasteiger partial charge in [0.2, 0.25) is 0 Å². The molecule has 0 amide bonds. The maximum atomic E-state index is 5.52. The molecule has 1 aromatic heterocycles. The van der Waals surface area contributed by atoms with Crippen molar-refractivity contribution in [3.8, 4) is 11.5 Å². The number of hydrogen-bond donors (Lipinski definition) is 1. The first kappa shape index (κ1) is 15.3. The van der Waals surface area contributed by atoms with Crippen LogP contribution < -0.4 is 14.8 Å². The van der Waals surface area contributed by atoms with E-state index in [-0.39, 0.29) is 6.04 Å². The summed E-state index contributed by atoms with van der Waals surface area (Å²) in [5.41, 5.74) is 4.14. The third kappa shape index (κ3) is 3.16. The predicted molar refractivity (Wildman–Crippen MR) is 84.2 cm³/mol. The molecule has 1 aromatic carbocycles. The molecule has 0 fully saturated rings. The topological polar surface area (TPSA) is 43.4 Å². The number of nitrogens with one attached hydrogen (secondary N) is 1. The van der Waals surface area contributed by atoms with Crippen molar-refractivity contribution in [2.75, 3.05) is 21.3 Å². The van der Waals surface area contributed by atoms with E-state index in [2.05, 4.69) is 22.4 Å². The van der Waals surface area contributed by atoms with Gasteiger partial charge in [0.1, 0.15) is 11.5 Å². The van der Waals surface area contributed by atoms with Crippen molar-refractivity contribution >= 4 is 0 Å². The van der Waals surface area contributed by atoms with Crippen molar-refractivity contribution in [3.05, 3.63) is 52.8 Å². The Labute approximate surface area is 126 Å². The Bertz CT molecular complexity index is 584. The van der Waals surface area contributed by atoms with Gasteiger partial charge in [-0.3, -0.25) is 4.98 Å². The number of hydrogen-bond acceptors (Lipinski definition) is 4. The fraction of sp³-hybridized carbons (Fsp3) is 0.353. The van der Waals surface area contributed by atoms with Crippen LogP contribution in [0, 0.1) is 13.8 Å². The molecule has 2 rings (SSSR count). The predicted octanol–water partition coefficient (Wildman–Crippen LogP) is 3.02. The molecule has 0 aliphatic heterocycles. The van der Waals surface area contributed by atoms with Gasteiger partial charge in [0.15, 0.2) is 0 Å². The number of pyridine rings is 1. The number of rotatable bonds is 5. The van der Waals surface area contributed by atoms with Gasteiger partial charge in [-0.1, -0.05) is 6.07 Å². The van der Waals surface area contributed by atoms with Gasteiger partial charge in [0.25, 0.3) is 0 Å². The Morgan fingerprint density at radius 3 is 1.95 bits per heavy atom. The minimum atomic E-state index is -0.0171. The van der Waals surface area contributed by atoms with E-state index in [1.807, 2.05) is 39.1 Å². The van der Waals surface area contributed by atoms with Crippen LogP contribution in [0.3, 0.4) is 0 Å². The van der Waals surface area contributed by atoms with Crippen LogP contribution >= 0.6 is 0 Å². The van der Waals surface area contributed by atoms with Crippen LogP contribution in [0.25, 0.3) is 0 Å². The van der Waals surface area contributed by atoms with Crippen molar-refractivity contribution < 1.29 is 9.47 Å². The normalized spacial score (nSPS) is 12.0. The highest BCUT2D eigenvalue weighted by atomic mass is 16.5. The van der Waals surface area contributed by atoms with Gasteiger partial charge in [-0.25, -0.2) is 0 Å². The van der Waals surface area contributed by atoms with Gasteiger partial charge in [-0.2, -0.15) is 0 Å². The summed E-state index contributed by atoms with van der Waals surface area (Å²) in [5.74, 6) is 1.61. The first-order valence-electron chi connectivity index (χ1n) is 6.94. The van der Waals surface area contributed by atoms with Crippen molar-refractivity contribution in [1.29, 1.82) is 0 Å². The Balaban J connectivity index is 2.60. The fourth-order valence-electron chi connectivity index (χ4n) is 2.68. The molecule has 112 valence electrons. The molecule has 0 bridgehead atoms. The van der Waals surface area contributed by atoms with Crippen LogP contribution in [-0.2, 0) is 0 Å². The van der Waals surface area contributed by atoms with Gasteiger partial charge in [-0.05, 0) is 50.7 Å². The highest BCUT2D eigenvalue weighted by molar-refractivity contribution is 5.50. The summed E-state index contributed by atoms with van der Waals surface area (Å²) in [7, 11) is 5.28. The highest BCUT2D eigenvalue weighted by Crippen LogP contribution is 2.37. The zero-order valence-corrected chi connectivity index (χ0v) is 13.2.